The Bertz CT molecular complexity index is 3340. The van der Waals surface area contributed by atoms with Gasteiger partial charge in [-0.2, -0.15) is 0 Å². The van der Waals surface area contributed by atoms with Gasteiger partial charge in [-0.05, 0) is 80.6 Å². The van der Waals surface area contributed by atoms with Crippen LogP contribution in [0, 0.1) is 0 Å². The van der Waals surface area contributed by atoms with E-state index >= 15 is 4.39 Å². The van der Waals surface area contributed by atoms with Crippen LogP contribution in [-0.4, -0.2) is 22.4 Å². The summed E-state index contributed by atoms with van der Waals surface area (Å²) in [5, 5.41) is 9.92. The van der Waals surface area contributed by atoms with Crippen LogP contribution in [0.4, 0.5) is 21.6 Å². The Morgan fingerprint density at radius 3 is 2.02 bits per heavy atom. The molecule has 0 aliphatic carbocycles. The van der Waals surface area contributed by atoms with E-state index in [1.807, 2.05) is 85.3 Å². The van der Waals surface area contributed by atoms with Crippen molar-refractivity contribution in [3.63, 3.8) is 0 Å². The summed E-state index contributed by atoms with van der Waals surface area (Å²) in [5.41, 5.74) is 6.62. The van der Waals surface area contributed by atoms with Crippen molar-refractivity contribution >= 4 is 95.3 Å². The molecule has 12 rings (SSSR count). The Morgan fingerprint density at radius 1 is 0.534 bits per heavy atom. The summed E-state index contributed by atoms with van der Waals surface area (Å²) >= 11 is 0. The fourth-order valence-electron chi connectivity index (χ4n) is 9.62. The van der Waals surface area contributed by atoms with E-state index < -0.39 is 14.2 Å². The van der Waals surface area contributed by atoms with E-state index in [9.17, 15) is 0 Å². The van der Waals surface area contributed by atoms with E-state index in [-0.39, 0.29) is 0 Å². The number of furan rings is 1. The van der Waals surface area contributed by atoms with E-state index in [0.717, 1.165) is 76.8 Å². The molecule has 1 aliphatic rings. The van der Waals surface area contributed by atoms with Gasteiger partial charge in [0.05, 0.1) is 11.2 Å². The lowest BCUT2D eigenvalue weighted by molar-refractivity contribution is 0.402. The van der Waals surface area contributed by atoms with E-state index in [0.29, 0.717) is 11.1 Å². The van der Waals surface area contributed by atoms with E-state index in [1.165, 1.54) is 10.4 Å². The fourth-order valence-corrected chi connectivity index (χ4v) is 14.8. The third-order valence-corrected chi connectivity index (χ3v) is 16.9. The first-order valence-electron chi connectivity index (χ1n) is 19.5. The number of halogens is 1. The zero-order chi connectivity index (χ0) is 38.4. The number of anilines is 3. The zero-order valence-electron chi connectivity index (χ0n) is 31.1. The number of nitrogens with zero attached hydrogens (tertiary/aromatic N) is 4. The average Bonchev–Trinajstić information content (AvgIpc) is 3.95. The third-order valence-electron chi connectivity index (χ3n) is 12.1. The summed E-state index contributed by atoms with van der Waals surface area (Å²) in [5.74, 6) is 0.746. The highest BCUT2D eigenvalue weighted by atomic mass is 28.3. The molecule has 5 heterocycles. The quantitative estimate of drug-likeness (QED) is 0.129. The van der Waals surface area contributed by atoms with Crippen molar-refractivity contribution in [2.75, 3.05) is 4.90 Å². The van der Waals surface area contributed by atoms with E-state index in [1.54, 1.807) is 0 Å². The van der Waals surface area contributed by atoms with Gasteiger partial charge in [-0.1, -0.05) is 127 Å². The van der Waals surface area contributed by atoms with Gasteiger partial charge in [0.1, 0.15) is 22.6 Å². The first kappa shape index (κ1) is 32.8. The molecule has 7 heteroatoms. The van der Waals surface area contributed by atoms with Gasteiger partial charge in [-0.3, -0.25) is 9.30 Å². The topological polar surface area (TPSA) is 46.6 Å². The second kappa shape index (κ2) is 12.6. The molecule has 0 fully saturated rings. The van der Waals surface area contributed by atoms with Gasteiger partial charge in [-0.15, -0.1) is 0 Å². The number of pyridine rings is 2. The maximum absolute atomic E-state index is 17.5. The summed E-state index contributed by atoms with van der Waals surface area (Å²) in [7, 11) is -3.20. The van der Waals surface area contributed by atoms with Gasteiger partial charge in [0.15, 0.2) is 14.2 Å². The molecule has 5 nitrogen and oxygen atoms in total. The largest absolute Gasteiger partial charge is 0.456 e. The minimum absolute atomic E-state index is 0.566. The molecule has 0 N–H and O–H groups in total. The molecule has 274 valence electrons. The molecule has 0 amide bonds. The molecule has 58 heavy (non-hydrogen) atoms. The second-order valence-electron chi connectivity index (χ2n) is 15.0. The molecule has 1 aliphatic heterocycles. The molecule has 0 saturated carbocycles. The summed E-state index contributed by atoms with van der Waals surface area (Å²) in [6.07, 6.45) is 4.19. The highest BCUT2D eigenvalue weighted by molar-refractivity contribution is 7.22. The molecular weight excluding hydrogens is 732 g/mol. The average molecular weight is 765 g/mol. The van der Waals surface area contributed by atoms with Crippen molar-refractivity contribution in [3.8, 4) is 0 Å². The number of fused-ring (bicyclic) bond motifs is 12. The molecule has 11 aromatic rings. The zero-order valence-corrected chi connectivity index (χ0v) is 32.1. The van der Waals surface area contributed by atoms with E-state index in [2.05, 4.69) is 118 Å². The van der Waals surface area contributed by atoms with Crippen molar-refractivity contribution in [2.45, 2.75) is 6.17 Å². The normalized spacial score (nSPS) is 14.0. The van der Waals surface area contributed by atoms with Crippen LogP contribution in [0.2, 0.25) is 0 Å². The van der Waals surface area contributed by atoms with Crippen LogP contribution in [0.15, 0.2) is 199 Å². The van der Waals surface area contributed by atoms with Crippen molar-refractivity contribution in [1.29, 1.82) is 0 Å². The Balaban J connectivity index is 1.15. The van der Waals surface area contributed by atoms with Gasteiger partial charge < -0.3 is 4.42 Å². The summed E-state index contributed by atoms with van der Waals surface area (Å²) in [4.78, 5) is 11.9. The summed E-state index contributed by atoms with van der Waals surface area (Å²) in [6.45, 7) is 0. The lowest BCUT2D eigenvalue weighted by atomic mass is 9.97. The summed E-state index contributed by atoms with van der Waals surface area (Å²) < 4.78 is 26.6. The number of hydrogen-bond donors (Lipinski definition) is 0. The minimum atomic E-state index is -3.20. The minimum Gasteiger partial charge on any atom is -0.456 e. The molecule has 1 atom stereocenters. The van der Waals surface area contributed by atoms with Crippen LogP contribution in [0.5, 0.6) is 0 Å². The van der Waals surface area contributed by atoms with Crippen molar-refractivity contribution in [3.05, 3.63) is 206 Å². The predicted octanol–water partition coefficient (Wildman–Crippen LogP) is 10.2. The second-order valence-corrected chi connectivity index (χ2v) is 18.7. The lowest BCUT2D eigenvalue weighted by Crippen LogP contribution is -2.77. The molecule has 0 saturated heterocycles. The van der Waals surface area contributed by atoms with Gasteiger partial charge in [-0.25, -0.2) is 14.4 Å². The molecule has 1 unspecified atom stereocenters. The third kappa shape index (κ3) is 4.56. The molecule has 4 aromatic heterocycles. The highest BCUT2D eigenvalue weighted by Crippen LogP contribution is 2.43. The first-order chi connectivity index (χ1) is 28.7. The number of imidazole rings is 1. The van der Waals surface area contributed by atoms with Crippen LogP contribution in [0.1, 0.15) is 17.3 Å². The van der Waals surface area contributed by atoms with Gasteiger partial charge in [0.2, 0.25) is 0 Å². The fraction of sp³-hybridized carbons (Fsp3) is 0.0196. The lowest BCUT2D eigenvalue weighted by Gasteiger charge is -2.44. The number of rotatable bonds is 5. The number of hydrogen-bond acceptors (Lipinski definition) is 4. The van der Waals surface area contributed by atoms with Crippen LogP contribution in [-0.2, 0) is 0 Å². The van der Waals surface area contributed by atoms with Crippen molar-refractivity contribution in [2.24, 2.45) is 0 Å². The van der Waals surface area contributed by atoms with Gasteiger partial charge in [0, 0.05) is 51.0 Å². The molecule has 7 aromatic carbocycles. The number of benzene rings is 7. The first-order valence-corrected chi connectivity index (χ1v) is 21.5. The van der Waals surface area contributed by atoms with Crippen molar-refractivity contribution in [1.82, 2.24) is 14.4 Å². The Kier molecular flexibility index (Phi) is 7.12. The summed E-state index contributed by atoms with van der Waals surface area (Å²) in [6, 6.07) is 60.8. The maximum atomic E-state index is 17.5. The predicted molar refractivity (Wildman–Crippen MR) is 237 cm³/mol. The number of aromatic nitrogens is 3. The van der Waals surface area contributed by atoms with Crippen LogP contribution < -0.4 is 25.6 Å². The van der Waals surface area contributed by atoms with Gasteiger partial charge in [0.25, 0.3) is 0 Å². The van der Waals surface area contributed by atoms with Crippen LogP contribution in [0.25, 0.3) is 49.3 Å². The smallest absolute Gasteiger partial charge is 0.188 e. The number of para-hydroxylation sites is 2. The Labute approximate surface area is 333 Å². The SMILES string of the molecule is FC(c1ccc2c(c1)N(c1ccccn1)c1ccc3c(oc4ccccc43)c1[Si]2(c1ccccc1)c1ccccc1)c1ccc2c3ccccc3n3ccnc3c2c1. The number of alkyl halides is 1. The monoisotopic (exact) mass is 764 g/mol. The standard InChI is InChI=1S/C51H33FN4OSi/c52-48(33-22-24-37-38-17-7-9-19-42(38)55-30-29-54-51(55)41(37)31-33)34-23-27-46-44(32-34)56(47-21-11-12-28-53-47)43-26-25-40-39-18-8-10-20-45(39)57-49(40)50(43)58(46,35-13-3-1-4-14-35)36-15-5-2-6-16-36/h1-32,48H. The van der Waals surface area contributed by atoms with E-state index in [4.69, 9.17) is 14.4 Å². The highest BCUT2D eigenvalue weighted by Gasteiger charge is 2.51. The van der Waals surface area contributed by atoms with Crippen LogP contribution in [0.3, 0.4) is 0 Å². The Hall–Kier alpha value is -7.35. The molecule has 0 spiro atoms. The molecule has 0 radical (unpaired) electrons. The van der Waals surface area contributed by atoms with Gasteiger partial charge >= 0.3 is 0 Å². The van der Waals surface area contributed by atoms with Crippen LogP contribution >= 0.6 is 0 Å². The molecular formula is C51H33FN4OSi. The van der Waals surface area contributed by atoms with Crippen molar-refractivity contribution < 1.29 is 8.81 Å². The Morgan fingerprint density at radius 2 is 1.22 bits per heavy atom. The maximum Gasteiger partial charge on any atom is 0.188 e. The molecule has 0 bridgehead atoms.